The van der Waals surface area contributed by atoms with E-state index in [2.05, 4.69) is 17.6 Å². The average molecular weight is 170 g/mol. The monoisotopic (exact) mass is 170 g/mol. The van der Waals surface area contributed by atoms with Gasteiger partial charge in [-0.2, -0.15) is 5.26 Å². The van der Waals surface area contributed by atoms with Gasteiger partial charge in [0.2, 0.25) is 0 Å². The van der Waals surface area contributed by atoms with E-state index in [-0.39, 0.29) is 5.92 Å². The topological polar surface area (TPSA) is 36.7 Å². The Morgan fingerprint density at radius 3 is 3.23 bits per heavy atom. The van der Waals surface area contributed by atoms with Gasteiger partial charge in [-0.1, -0.05) is 12.6 Å². The maximum Gasteiger partial charge on any atom is 0.0737 e. The molecule has 1 aromatic heterocycles. The molecule has 0 N–H and O–H groups in total. The van der Waals surface area contributed by atoms with Crippen molar-refractivity contribution in [1.82, 2.24) is 4.98 Å². The molecule has 2 nitrogen and oxygen atoms in total. The molecule has 13 heavy (non-hydrogen) atoms. The van der Waals surface area contributed by atoms with Crippen molar-refractivity contribution in [2.45, 2.75) is 18.8 Å². The Balaban J connectivity index is 2.55. The zero-order chi connectivity index (χ0) is 9.26. The lowest BCUT2D eigenvalue weighted by atomic mass is 9.84. The van der Waals surface area contributed by atoms with Crippen molar-refractivity contribution in [1.29, 1.82) is 5.26 Å². The van der Waals surface area contributed by atoms with Crippen LogP contribution < -0.4 is 0 Å². The van der Waals surface area contributed by atoms with Crippen LogP contribution in [0.1, 0.15) is 30.0 Å². The van der Waals surface area contributed by atoms with E-state index in [1.54, 1.807) is 6.20 Å². The first kappa shape index (κ1) is 8.00. The highest BCUT2D eigenvalue weighted by Gasteiger charge is 2.22. The lowest BCUT2D eigenvalue weighted by Gasteiger charge is -2.20. The maximum atomic E-state index is 8.92. The molecule has 64 valence electrons. The summed E-state index contributed by atoms with van der Waals surface area (Å²) in [6.45, 7) is 3.95. The summed E-state index contributed by atoms with van der Waals surface area (Å²) in [5.41, 5.74) is 3.03. The third-order valence-electron chi connectivity index (χ3n) is 2.44. The van der Waals surface area contributed by atoms with Gasteiger partial charge in [0, 0.05) is 6.20 Å². The number of pyridine rings is 1. The van der Waals surface area contributed by atoms with Crippen LogP contribution >= 0.6 is 0 Å². The fourth-order valence-corrected chi connectivity index (χ4v) is 1.72. The molecule has 0 radical (unpaired) electrons. The van der Waals surface area contributed by atoms with Gasteiger partial charge in [0.15, 0.2) is 0 Å². The second-order valence-corrected chi connectivity index (χ2v) is 3.27. The highest BCUT2D eigenvalue weighted by Crippen LogP contribution is 2.35. The molecule has 0 spiro atoms. The molecule has 2 heteroatoms. The Hall–Kier alpha value is -1.62. The van der Waals surface area contributed by atoms with Gasteiger partial charge in [0.05, 0.1) is 17.7 Å². The minimum absolute atomic E-state index is 0.00852. The molecule has 0 fully saturated rings. The standard InChI is InChI=1S/C11H10N2/c1-8-4-5-9(7-12)10-3-2-6-13-11(8)10/h2-3,6,9H,1,4-5H2. The van der Waals surface area contributed by atoms with Crippen LogP contribution in [-0.4, -0.2) is 4.98 Å². The van der Waals surface area contributed by atoms with E-state index in [0.29, 0.717) is 0 Å². The van der Waals surface area contributed by atoms with E-state index < -0.39 is 0 Å². The summed E-state index contributed by atoms with van der Waals surface area (Å²) in [5.74, 6) is 0.00852. The van der Waals surface area contributed by atoms with Crippen molar-refractivity contribution in [2.75, 3.05) is 0 Å². The molecule has 0 saturated heterocycles. The molecular formula is C11H10N2. The smallest absolute Gasteiger partial charge is 0.0737 e. The molecule has 1 atom stereocenters. The van der Waals surface area contributed by atoms with Crippen LogP contribution in [0, 0.1) is 11.3 Å². The summed E-state index contributed by atoms with van der Waals surface area (Å²) >= 11 is 0. The Bertz CT molecular complexity index is 387. The van der Waals surface area contributed by atoms with Crippen molar-refractivity contribution in [3.63, 3.8) is 0 Å². The molecule has 1 unspecified atom stereocenters. The van der Waals surface area contributed by atoms with Crippen LogP contribution in [0.15, 0.2) is 24.9 Å². The van der Waals surface area contributed by atoms with E-state index in [0.717, 1.165) is 29.7 Å². The Kier molecular flexibility index (Phi) is 1.86. The Labute approximate surface area is 77.5 Å². The number of aromatic nitrogens is 1. The summed E-state index contributed by atoms with van der Waals surface area (Å²) in [7, 11) is 0. The van der Waals surface area contributed by atoms with Gasteiger partial charge in [0.1, 0.15) is 0 Å². The largest absolute Gasteiger partial charge is 0.256 e. The summed E-state index contributed by atoms with van der Waals surface area (Å²) in [5, 5.41) is 8.92. The van der Waals surface area contributed by atoms with Gasteiger partial charge in [-0.05, 0) is 30.0 Å². The molecule has 0 aliphatic heterocycles. The molecule has 1 aliphatic rings. The first-order valence-electron chi connectivity index (χ1n) is 4.35. The average Bonchev–Trinajstić information content (AvgIpc) is 2.19. The van der Waals surface area contributed by atoms with Crippen LogP contribution in [0.25, 0.3) is 5.57 Å². The van der Waals surface area contributed by atoms with E-state index in [4.69, 9.17) is 5.26 Å². The minimum Gasteiger partial charge on any atom is -0.256 e. The zero-order valence-corrected chi connectivity index (χ0v) is 7.33. The SMILES string of the molecule is C=C1CCC(C#N)c2cccnc21. The molecule has 0 amide bonds. The number of nitrogens with zero attached hydrogens (tertiary/aromatic N) is 2. The highest BCUT2D eigenvalue weighted by molar-refractivity contribution is 5.66. The van der Waals surface area contributed by atoms with Crippen molar-refractivity contribution < 1.29 is 0 Å². The molecule has 1 aliphatic carbocycles. The van der Waals surface area contributed by atoms with Crippen LogP contribution in [0.5, 0.6) is 0 Å². The lowest BCUT2D eigenvalue weighted by Crippen LogP contribution is -2.08. The van der Waals surface area contributed by atoms with Crippen LogP contribution in [-0.2, 0) is 0 Å². The fraction of sp³-hybridized carbons (Fsp3) is 0.273. The van der Waals surface area contributed by atoms with Gasteiger partial charge in [-0.15, -0.1) is 0 Å². The Morgan fingerprint density at radius 2 is 2.46 bits per heavy atom. The van der Waals surface area contributed by atoms with Crippen molar-refractivity contribution in [3.8, 4) is 6.07 Å². The normalized spacial score (nSPS) is 20.5. The first-order valence-corrected chi connectivity index (χ1v) is 4.35. The number of fused-ring (bicyclic) bond motifs is 1. The third-order valence-corrected chi connectivity index (χ3v) is 2.44. The van der Waals surface area contributed by atoms with Gasteiger partial charge in [0.25, 0.3) is 0 Å². The van der Waals surface area contributed by atoms with Gasteiger partial charge in [-0.3, -0.25) is 4.98 Å². The summed E-state index contributed by atoms with van der Waals surface area (Å²) in [6, 6.07) is 6.15. The molecular weight excluding hydrogens is 160 g/mol. The number of nitriles is 1. The molecule has 2 rings (SSSR count). The van der Waals surface area contributed by atoms with Crippen LogP contribution in [0.3, 0.4) is 0 Å². The Morgan fingerprint density at radius 1 is 1.62 bits per heavy atom. The van der Waals surface area contributed by atoms with E-state index in [1.165, 1.54) is 0 Å². The second-order valence-electron chi connectivity index (χ2n) is 3.27. The highest BCUT2D eigenvalue weighted by atomic mass is 14.7. The molecule has 1 heterocycles. The maximum absolute atomic E-state index is 8.92. The minimum atomic E-state index is 0.00852. The molecule has 0 bridgehead atoms. The lowest BCUT2D eigenvalue weighted by molar-refractivity contribution is 0.735. The summed E-state index contributed by atoms with van der Waals surface area (Å²) in [4.78, 5) is 4.25. The zero-order valence-electron chi connectivity index (χ0n) is 7.33. The third kappa shape index (κ3) is 1.23. The summed E-state index contributed by atoms with van der Waals surface area (Å²) in [6.07, 6.45) is 3.53. The van der Waals surface area contributed by atoms with Crippen LogP contribution in [0.2, 0.25) is 0 Å². The van der Waals surface area contributed by atoms with Gasteiger partial charge < -0.3 is 0 Å². The predicted octanol–water partition coefficient (Wildman–Crippen LogP) is 2.50. The van der Waals surface area contributed by atoms with Gasteiger partial charge >= 0.3 is 0 Å². The number of hydrogen-bond donors (Lipinski definition) is 0. The fourth-order valence-electron chi connectivity index (χ4n) is 1.72. The number of hydrogen-bond acceptors (Lipinski definition) is 2. The number of allylic oxidation sites excluding steroid dienone is 1. The van der Waals surface area contributed by atoms with E-state index in [1.807, 2.05) is 12.1 Å². The van der Waals surface area contributed by atoms with Crippen molar-refractivity contribution >= 4 is 5.57 Å². The second kappa shape index (κ2) is 3.02. The molecule has 0 aromatic carbocycles. The van der Waals surface area contributed by atoms with Gasteiger partial charge in [-0.25, -0.2) is 0 Å². The number of rotatable bonds is 0. The predicted molar refractivity (Wildman–Crippen MR) is 50.9 cm³/mol. The summed E-state index contributed by atoms with van der Waals surface area (Å²) < 4.78 is 0. The molecule has 1 aromatic rings. The van der Waals surface area contributed by atoms with E-state index >= 15 is 0 Å². The quantitative estimate of drug-likeness (QED) is 0.599. The van der Waals surface area contributed by atoms with Crippen molar-refractivity contribution in [2.24, 2.45) is 0 Å². The van der Waals surface area contributed by atoms with Crippen molar-refractivity contribution in [3.05, 3.63) is 36.2 Å². The molecule has 0 saturated carbocycles. The first-order chi connectivity index (χ1) is 6.33. The van der Waals surface area contributed by atoms with E-state index in [9.17, 15) is 0 Å². The van der Waals surface area contributed by atoms with Crippen LogP contribution in [0.4, 0.5) is 0 Å².